The second-order valence-corrected chi connectivity index (χ2v) is 4.75. The van der Waals surface area contributed by atoms with Crippen molar-refractivity contribution in [3.63, 3.8) is 0 Å². The number of Topliss-reactive ketones (excluding diaryl/α,β-unsaturated/α-hetero) is 1. The van der Waals surface area contributed by atoms with Crippen LogP contribution in [0.25, 0.3) is 0 Å². The second-order valence-electron chi connectivity index (χ2n) is 4.75. The summed E-state index contributed by atoms with van der Waals surface area (Å²) in [5.74, 6) is 0.526. The van der Waals surface area contributed by atoms with Crippen LogP contribution in [0.4, 0.5) is 0 Å². The molecule has 1 saturated carbocycles. The van der Waals surface area contributed by atoms with Gasteiger partial charge in [-0.2, -0.15) is 5.10 Å². The monoisotopic (exact) mass is 220 g/mol. The lowest BCUT2D eigenvalue weighted by Crippen LogP contribution is -2.19. The molecule has 1 fully saturated rings. The van der Waals surface area contributed by atoms with Crippen molar-refractivity contribution in [1.29, 1.82) is 0 Å². The minimum atomic E-state index is 0.232. The van der Waals surface area contributed by atoms with E-state index in [9.17, 15) is 4.79 Å². The number of ketones is 1. The number of hydrogen-bond acceptors (Lipinski definition) is 2. The average molecular weight is 220 g/mol. The van der Waals surface area contributed by atoms with Crippen LogP contribution in [0.1, 0.15) is 55.4 Å². The van der Waals surface area contributed by atoms with E-state index in [0.717, 1.165) is 18.5 Å². The second kappa shape index (κ2) is 5.28. The number of aryl methyl sites for hydroxylation is 1. The van der Waals surface area contributed by atoms with Gasteiger partial charge in [-0.3, -0.25) is 9.48 Å². The minimum absolute atomic E-state index is 0.232. The van der Waals surface area contributed by atoms with Crippen molar-refractivity contribution in [3.05, 3.63) is 18.0 Å². The summed E-state index contributed by atoms with van der Waals surface area (Å²) >= 11 is 0. The summed E-state index contributed by atoms with van der Waals surface area (Å²) in [7, 11) is 1.84. The molecule has 3 nitrogen and oxygen atoms in total. The van der Waals surface area contributed by atoms with E-state index in [-0.39, 0.29) is 5.92 Å². The first-order valence-corrected chi connectivity index (χ1v) is 6.31. The van der Waals surface area contributed by atoms with Crippen LogP contribution >= 0.6 is 0 Å². The Bertz CT molecular complexity index is 349. The molecular weight excluding hydrogens is 200 g/mol. The summed E-state index contributed by atoms with van der Waals surface area (Å²) in [5, 5.41) is 4.07. The molecule has 2 rings (SSSR count). The van der Waals surface area contributed by atoms with Gasteiger partial charge in [0.1, 0.15) is 5.69 Å². The summed E-state index contributed by atoms with van der Waals surface area (Å²) in [5.41, 5.74) is 0.769. The molecule has 16 heavy (non-hydrogen) atoms. The van der Waals surface area contributed by atoms with Gasteiger partial charge in [0.05, 0.1) is 0 Å². The third kappa shape index (κ3) is 2.52. The van der Waals surface area contributed by atoms with E-state index in [1.807, 2.05) is 13.1 Å². The third-order valence-electron chi connectivity index (χ3n) is 3.55. The largest absolute Gasteiger partial charge is 0.292 e. The van der Waals surface area contributed by atoms with Gasteiger partial charge in [0.15, 0.2) is 5.78 Å². The first-order valence-electron chi connectivity index (χ1n) is 6.31. The zero-order valence-corrected chi connectivity index (χ0v) is 9.98. The highest BCUT2D eigenvalue weighted by molar-refractivity contribution is 5.96. The van der Waals surface area contributed by atoms with Crippen LogP contribution in [0.5, 0.6) is 0 Å². The van der Waals surface area contributed by atoms with E-state index in [2.05, 4.69) is 5.10 Å². The SMILES string of the molecule is Cn1nccc1C(=O)C1CCCCCCC1. The molecule has 1 aliphatic rings. The van der Waals surface area contributed by atoms with E-state index in [4.69, 9.17) is 0 Å². The van der Waals surface area contributed by atoms with Crippen molar-refractivity contribution >= 4 is 5.78 Å². The third-order valence-corrected chi connectivity index (χ3v) is 3.55. The highest BCUT2D eigenvalue weighted by Gasteiger charge is 2.22. The lowest BCUT2D eigenvalue weighted by atomic mass is 9.87. The predicted octanol–water partition coefficient (Wildman–Crippen LogP) is 2.96. The molecule has 1 aromatic heterocycles. The topological polar surface area (TPSA) is 34.9 Å². The van der Waals surface area contributed by atoms with Gasteiger partial charge >= 0.3 is 0 Å². The maximum atomic E-state index is 12.3. The average Bonchev–Trinajstić information content (AvgIpc) is 2.63. The first-order chi connectivity index (χ1) is 7.79. The fraction of sp³-hybridized carbons (Fsp3) is 0.692. The molecule has 0 radical (unpaired) electrons. The Morgan fingerprint density at radius 2 is 1.88 bits per heavy atom. The van der Waals surface area contributed by atoms with Crippen molar-refractivity contribution in [2.45, 2.75) is 44.9 Å². The molecule has 0 saturated heterocycles. The van der Waals surface area contributed by atoms with Gasteiger partial charge in [-0.05, 0) is 18.9 Å². The molecule has 1 aliphatic carbocycles. The Labute approximate surface area is 96.8 Å². The van der Waals surface area contributed by atoms with Crippen LogP contribution < -0.4 is 0 Å². The zero-order valence-electron chi connectivity index (χ0n) is 9.98. The first kappa shape index (κ1) is 11.4. The predicted molar refractivity (Wildman–Crippen MR) is 63.3 cm³/mol. The molecule has 1 aromatic rings. The summed E-state index contributed by atoms with van der Waals surface area (Å²) in [6, 6.07) is 1.83. The molecule has 3 heteroatoms. The minimum Gasteiger partial charge on any atom is -0.292 e. The summed E-state index contributed by atoms with van der Waals surface area (Å²) in [6.07, 6.45) is 10.1. The van der Waals surface area contributed by atoms with Crippen molar-refractivity contribution in [1.82, 2.24) is 9.78 Å². The van der Waals surface area contributed by atoms with Crippen LogP contribution in [0.3, 0.4) is 0 Å². The fourth-order valence-electron chi connectivity index (χ4n) is 2.54. The maximum Gasteiger partial charge on any atom is 0.183 e. The van der Waals surface area contributed by atoms with Crippen LogP contribution in [0.15, 0.2) is 12.3 Å². The molecule has 0 unspecified atom stereocenters. The quantitative estimate of drug-likeness (QED) is 0.718. The zero-order chi connectivity index (χ0) is 11.4. The van der Waals surface area contributed by atoms with Crippen molar-refractivity contribution in [3.8, 4) is 0 Å². The van der Waals surface area contributed by atoms with Crippen LogP contribution in [0.2, 0.25) is 0 Å². The molecular formula is C13H20N2O. The summed E-state index contributed by atoms with van der Waals surface area (Å²) in [4.78, 5) is 12.3. The van der Waals surface area contributed by atoms with Gasteiger partial charge in [-0.15, -0.1) is 0 Å². The smallest absolute Gasteiger partial charge is 0.183 e. The van der Waals surface area contributed by atoms with E-state index in [1.54, 1.807) is 10.9 Å². The molecule has 0 aromatic carbocycles. The number of carbonyl (C=O) groups excluding carboxylic acids is 1. The van der Waals surface area contributed by atoms with E-state index in [1.165, 1.54) is 32.1 Å². The van der Waals surface area contributed by atoms with E-state index >= 15 is 0 Å². The molecule has 0 bridgehead atoms. The van der Waals surface area contributed by atoms with Crippen molar-refractivity contribution in [2.24, 2.45) is 13.0 Å². The molecule has 1 heterocycles. The van der Waals surface area contributed by atoms with Gasteiger partial charge < -0.3 is 0 Å². The Balaban J connectivity index is 2.05. The molecule has 0 spiro atoms. The molecule has 0 amide bonds. The Morgan fingerprint density at radius 3 is 2.44 bits per heavy atom. The lowest BCUT2D eigenvalue weighted by molar-refractivity contribution is 0.0888. The van der Waals surface area contributed by atoms with Gasteiger partial charge in [0.25, 0.3) is 0 Å². The fourth-order valence-corrected chi connectivity index (χ4v) is 2.54. The van der Waals surface area contributed by atoms with Crippen molar-refractivity contribution in [2.75, 3.05) is 0 Å². The van der Waals surface area contributed by atoms with Gasteiger partial charge in [-0.1, -0.05) is 32.1 Å². The van der Waals surface area contributed by atoms with E-state index < -0.39 is 0 Å². The number of nitrogens with zero attached hydrogens (tertiary/aromatic N) is 2. The van der Waals surface area contributed by atoms with Crippen LogP contribution in [0, 0.1) is 5.92 Å². The number of aromatic nitrogens is 2. The highest BCUT2D eigenvalue weighted by Crippen LogP contribution is 2.25. The van der Waals surface area contributed by atoms with Crippen molar-refractivity contribution < 1.29 is 4.79 Å². The maximum absolute atomic E-state index is 12.3. The number of hydrogen-bond donors (Lipinski definition) is 0. The van der Waals surface area contributed by atoms with Gasteiger partial charge in [0.2, 0.25) is 0 Å². The lowest BCUT2D eigenvalue weighted by Gasteiger charge is -2.18. The normalized spacial score (nSPS) is 19.1. The Hall–Kier alpha value is -1.12. The van der Waals surface area contributed by atoms with E-state index in [0.29, 0.717) is 5.78 Å². The molecule has 0 atom stereocenters. The summed E-state index contributed by atoms with van der Waals surface area (Å²) < 4.78 is 1.70. The van der Waals surface area contributed by atoms with Crippen LogP contribution in [-0.2, 0) is 7.05 Å². The van der Waals surface area contributed by atoms with Gasteiger partial charge in [-0.25, -0.2) is 0 Å². The molecule has 88 valence electrons. The summed E-state index contributed by atoms with van der Waals surface area (Å²) in [6.45, 7) is 0. The standard InChI is InChI=1S/C13H20N2O/c1-15-12(9-10-14-15)13(16)11-7-5-3-2-4-6-8-11/h9-11H,2-8H2,1H3. The van der Waals surface area contributed by atoms with Gasteiger partial charge in [0, 0.05) is 19.2 Å². The molecule has 0 aliphatic heterocycles. The van der Waals surface area contributed by atoms with Crippen LogP contribution in [-0.4, -0.2) is 15.6 Å². The number of rotatable bonds is 2. The Morgan fingerprint density at radius 1 is 1.25 bits per heavy atom. The Kier molecular flexibility index (Phi) is 3.75. The highest BCUT2D eigenvalue weighted by atomic mass is 16.1. The number of carbonyl (C=O) groups is 1. The molecule has 0 N–H and O–H groups in total.